The van der Waals surface area contributed by atoms with Crippen LogP contribution in [0.2, 0.25) is 0 Å². The van der Waals surface area contributed by atoms with Crippen LogP contribution in [0.15, 0.2) is 24.3 Å². The van der Waals surface area contributed by atoms with Gasteiger partial charge in [0.2, 0.25) is 0 Å². The summed E-state index contributed by atoms with van der Waals surface area (Å²) < 4.78 is 4.85. The molecule has 0 radical (unpaired) electrons. The highest BCUT2D eigenvalue weighted by Gasteiger charge is 2.21. The van der Waals surface area contributed by atoms with E-state index >= 15 is 0 Å². The normalized spacial score (nSPS) is 17.4. The van der Waals surface area contributed by atoms with Gasteiger partial charge in [-0.25, -0.2) is 4.79 Å². The van der Waals surface area contributed by atoms with E-state index in [1.165, 1.54) is 20.0 Å². The van der Waals surface area contributed by atoms with Gasteiger partial charge in [-0.3, -0.25) is 4.90 Å². The number of hydrogen-bond acceptors (Lipinski definition) is 4. The third-order valence-electron chi connectivity index (χ3n) is 4.15. The second-order valence-corrected chi connectivity index (χ2v) is 5.60. The van der Waals surface area contributed by atoms with Crippen LogP contribution in [0.1, 0.15) is 28.8 Å². The van der Waals surface area contributed by atoms with E-state index < -0.39 is 0 Å². The molecule has 0 aromatic heterocycles. The Hall–Kier alpha value is -1.39. The van der Waals surface area contributed by atoms with Crippen molar-refractivity contribution in [3.63, 3.8) is 0 Å². The Morgan fingerprint density at radius 1 is 1.35 bits per heavy atom. The summed E-state index contributed by atoms with van der Waals surface area (Å²) in [5.74, 6) is -0.252. The lowest BCUT2D eigenvalue weighted by Crippen LogP contribution is -2.41. The van der Waals surface area contributed by atoms with Crippen LogP contribution in [0.4, 0.5) is 0 Å². The summed E-state index contributed by atoms with van der Waals surface area (Å²) in [6.45, 7) is 3.08. The number of nitrogens with zero attached hydrogens (tertiary/aromatic N) is 2. The van der Waals surface area contributed by atoms with Crippen molar-refractivity contribution >= 4 is 5.97 Å². The Labute approximate surface area is 121 Å². The van der Waals surface area contributed by atoms with E-state index in [2.05, 4.69) is 23.9 Å². The van der Waals surface area contributed by atoms with Gasteiger partial charge < -0.3 is 9.64 Å². The number of hydrogen-bond donors (Lipinski definition) is 0. The minimum Gasteiger partial charge on any atom is -0.465 e. The van der Waals surface area contributed by atoms with Crippen molar-refractivity contribution in [2.75, 3.05) is 34.3 Å². The first-order chi connectivity index (χ1) is 9.61. The molecular weight excluding hydrogens is 252 g/mol. The number of esters is 1. The Kier molecular flexibility index (Phi) is 5.15. The predicted molar refractivity (Wildman–Crippen MR) is 79.8 cm³/mol. The quantitative estimate of drug-likeness (QED) is 0.788. The Bertz CT molecular complexity index is 454. The molecule has 0 aliphatic carbocycles. The molecule has 4 nitrogen and oxygen atoms in total. The van der Waals surface area contributed by atoms with Crippen molar-refractivity contribution in [1.82, 2.24) is 9.80 Å². The van der Waals surface area contributed by atoms with Crippen molar-refractivity contribution in [1.29, 1.82) is 0 Å². The lowest BCUT2D eigenvalue weighted by molar-refractivity contribution is 0.0597. The smallest absolute Gasteiger partial charge is 0.338 e. The average Bonchev–Trinajstić information content (AvgIpc) is 2.47. The number of carbonyl (C=O) groups is 1. The van der Waals surface area contributed by atoms with Crippen molar-refractivity contribution in [2.45, 2.75) is 25.4 Å². The van der Waals surface area contributed by atoms with Crippen LogP contribution < -0.4 is 0 Å². The van der Waals surface area contributed by atoms with Crippen molar-refractivity contribution in [3.05, 3.63) is 35.4 Å². The average molecular weight is 276 g/mol. The molecular formula is C16H24N2O2. The minimum atomic E-state index is -0.252. The fourth-order valence-corrected chi connectivity index (χ4v) is 2.80. The van der Waals surface area contributed by atoms with Crippen molar-refractivity contribution in [3.8, 4) is 0 Å². The monoisotopic (exact) mass is 276 g/mol. The number of rotatable bonds is 4. The van der Waals surface area contributed by atoms with E-state index in [4.69, 9.17) is 4.74 Å². The first-order valence-electron chi connectivity index (χ1n) is 7.17. The maximum absolute atomic E-state index is 11.8. The highest BCUT2D eigenvalue weighted by Crippen LogP contribution is 2.18. The summed E-state index contributed by atoms with van der Waals surface area (Å²) in [7, 11) is 5.74. The molecule has 2 rings (SSSR count). The standard InChI is InChI=1S/C16H24N2O2/c1-17-10-8-14(9-11-17)18(2)12-13-6-4-5-7-15(13)16(19)20-3/h4-7,14H,8-12H2,1-3H3. The maximum atomic E-state index is 11.8. The molecule has 0 spiro atoms. The van der Waals surface area contributed by atoms with Gasteiger partial charge in [0, 0.05) is 12.6 Å². The summed E-state index contributed by atoms with van der Waals surface area (Å²) >= 11 is 0. The van der Waals surface area contributed by atoms with E-state index in [1.54, 1.807) is 0 Å². The molecule has 1 aromatic carbocycles. The summed E-state index contributed by atoms with van der Waals surface area (Å²) in [6, 6.07) is 8.30. The van der Waals surface area contributed by atoms with Crippen molar-refractivity contribution in [2.24, 2.45) is 0 Å². The topological polar surface area (TPSA) is 32.8 Å². The highest BCUT2D eigenvalue weighted by atomic mass is 16.5. The van der Waals surface area contributed by atoms with E-state index in [-0.39, 0.29) is 5.97 Å². The van der Waals surface area contributed by atoms with Crippen LogP contribution in [0.5, 0.6) is 0 Å². The fourth-order valence-electron chi connectivity index (χ4n) is 2.80. The van der Waals surface area contributed by atoms with E-state index in [0.29, 0.717) is 11.6 Å². The van der Waals surface area contributed by atoms with Crippen molar-refractivity contribution < 1.29 is 9.53 Å². The molecule has 0 bridgehead atoms. The first kappa shape index (κ1) is 15.0. The Balaban J connectivity index is 2.04. The zero-order valence-electron chi connectivity index (χ0n) is 12.6. The molecule has 110 valence electrons. The summed E-state index contributed by atoms with van der Waals surface area (Å²) in [6.07, 6.45) is 2.38. The second-order valence-electron chi connectivity index (χ2n) is 5.60. The molecule has 0 unspecified atom stereocenters. The van der Waals surface area contributed by atoms with Gasteiger partial charge in [0.25, 0.3) is 0 Å². The van der Waals surface area contributed by atoms with E-state index in [1.807, 2.05) is 24.3 Å². The fraction of sp³-hybridized carbons (Fsp3) is 0.562. The van der Waals surface area contributed by atoms with E-state index in [0.717, 1.165) is 25.2 Å². The third-order valence-corrected chi connectivity index (χ3v) is 4.15. The number of methoxy groups -OCH3 is 1. The molecule has 0 N–H and O–H groups in total. The molecule has 0 amide bonds. The van der Waals surface area contributed by atoms with Gasteiger partial charge in [0.05, 0.1) is 12.7 Å². The van der Waals surface area contributed by atoms with Gasteiger partial charge in [-0.05, 0) is 51.7 Å². The zero-order valence-corrected chi connectivity index (χ0v) is 12.6. The van der Waals surface area contributed by atoms with Gasteiger partial charge in [-0.1, -0.05) is 18.2 Å². The molecule has 1 aliphatic heterocycles. The lowest BCUT2D eigenvalue weighted by Gasteiger charge is -2.35. The molecule has 0 saturated carbocycles. The van der Waals surface area contributed by atoms with Crippen LogP contribution in [-0.2, 0) is 11.3 Å². The second kappa shape index (κ2) is 6.86. The van der Waals surface area contributed by atoms with E-state index in [9.17, 15) is 4.79 Å². The van der Waals surface area contributed by atoms with Crippen LogP contribution in [0, 0.1) is 0 Å². The molecule has 1 aromatic rings. The SMILES string of the molecule is COC(=O)c1ccccc1CN(C)C1CCN(C)CC1. The maximum Gasteiger partial charge on any atom is 0.338 e. The summed E-state index contributed by atoms with van der Waals surface area (Å²) in [5, 5.41) is 0. The van der Waals surface area contributed by atoms with Gasteiger partial charge >= 0.3 is 5.97 Å². The number of carbonyl (C=O) groups excluding carboxylic acids is 1. The van der Waals surface area contributed by atoms with Gasteiger partial charge in [0.15, 0.2) is 0 Å². The number of benzene rings is 1. The Morgan fingerprint density at radius 3 is 2.65 bits per heavy atom. The number of likely N-dealkylation sites (tertiary alicyclic amines) is 1. The minimum absolute atomic E-state index is 0.252. The highest BCUT2D eigenvalue weighted by molar-refractivity contribution is 5.90. The van der Waals surface area contributed by atoms with Crippen LogP contribution in [0.3, 0.4) is 0 Å². The molecule has 4 heteroatoms. The molecule has 0 atom stereocenters. The predicted octanol–water partition coefficient (Wildman–Crippen LogP) is 2.00. The van der Waals surface area contributed by atoms with Gasteiger partial charge in [-0.2, -0.15) is 0 Å². The molecule has 1 fully saturated rings. The van der Waals surface area contributed by atoms with Gasteiger partial charge in [0.1, 0.15) is 0 Å². The van der Waals surface area contributed by atoms with Crippen LogP contribution >= 0.6 is 0 Å². The molecule has 20 heavy (non-hydrogen) atoms. The largest absolute Gasteiger partial charge is 0.465 e. The third kappa shape index (κ3) is 3.58. The van der Waals surface area contributed by atoms with Crippen LogP contribution in [-0.4, -0.2) is 56.1 Å². The molecule has 1 aliphatic rings. The zero-order chi connectivity index (χ0) is 14.5. The summed E-state index contributed by atoms with van der Waals surface area (Å²) in [4.78, 5) is 16.5. The number of ether oxygens (including phenoxy) is 1. The summed E-state index contributed by atoms with van der Waals surface area (Å²) in [5.41, 5.74) is 1.72. The van der Waals surface area contributed by atoms with Crippen LogP contribution in [0.25, 0.3) is 0 Å². The van der Waals surface area contributed by atoms with Gasteiger partial charge in [-0.15, -0.1) is 0 Å². The number of piperidine rings is 1. The lowest BCUT2D eigenvalue weighted by atomic mass is 10.0. The molecule has 1 saturated heterocycles. The first-order valence-corrected chi connectivity index (χ1v) is 7.17. The Morgan fingerprint density at radius 2 is 2.00 bits per heavy atom. The molecule has 1 heterocycles.